The van der Waals surface area contributed by atoms with Crippen molar-refractivity contribution in [1.29, 1.82) is 0 Å². The lowest BCUT2D eigenvalue weighted by molar-refractivity contribution is -0.137. The molecule has 20 heavy (non-hydrogen) atoms. The van der Waals surface area contributed by atoms with Crippen LogP contribution in [-0.2, 0) is 19.2 Å². The molecule has 0 fully saturated rings. The van der Waals surface area contributed by atoms with Gasteiger partial charge in [-0.2, -0.15) is 0 Å². The van der Waals surface area contributed by atoms with Crippen molar-refractivity contribution in [2.24, 2.45) is 11.5 Å². The van der Waals surface area contributed by atoms with Gasteiger partial charge in [0.05, 0.1) is 12.8 Å². The maximum atomic E-state index is 9.55. The minimum atomic E-state index is -1.26. The highest BCUT2D eigenvalue weighted by atomic mass is 16.4. The van der Waals surface area contributed by atoms with Crippen LogP contribution in [0.25, 0.3) is 0 Å². The Morgan fingerprint density at radius 2 is 0.950 bits per heavy atom. The van der Waals surface area contributed by atoms with E-state index < -0.39 is 23.9 Å². The van der Waals surface area contributed by atoms with Gasteiger partial charge in [0.2, 0.25) is 0 Å². The monoisotopic (exact) mass is 294 g/mol. The molecule has 0 aliphatic rings. The molecule has 10 nitrogen and oxygen atoms in total. The molecular formula is C10H18N2O8. The lowest BCUT2D eigenvalue weighted by Gasteiger charge is -1.80. The second kappa shape index (κ2) is 16.5. The van der Waals surface area contributed by atoms with Crippen LogP contribution in [0.15, 0.2) is 12.2 Å². The number of carboxylic acids is 4. The van der Waals surface area contributed by atoms with E-state index in [2.05, 4.69) is 0 Å². The summed E-state index contributed by atoms with van der Waals surface area (Å²) in [5.41, 5.74) is 9.70. The molecule has 0 aromatic carbocycles. The highest BCUT2D eigenvalue weighted by Gasteiger charge is 1.88. The summed E-state index contributed by atoms with van der Waals surface area (Å²) in [6, 6.07) is 0. The van der Waals surface area contributed by atoms with Crippen LogP contribution < -0.4 is 11.5 Å². The number of hydrogen-bond acceptors (Lipinski definition) is 6. The zero-order chi connectivity index (χ0) is 16.6. The van der Waals surface area contributed by atoms with Crippen LogP contribution >= 0.6 is 0 Å². The quantitative estimate of drug-likeness (QED) is 0.314. The second-order valence-corrected chi connectivity index (χ2v) is 2.87. The van der Waals surface area contributed by atoms with Gasteiger partial charge in [0.1, 0.15) is 0 Å². The van der Waals surface area contributed by atoms with Crippen molar-refractivity contribution < 1.29 is 39.6 Å². The molecule has 0 aliphatic carbocycles. The molecular weight excluding hydrogens is 276 g/mol. The summed E-state index contributed by atoms with van der Waals surface area (Å²) in [6.07, 6.45) is 1.25. The van der Waals surface area contributed by atoms with Gasteiger partial charge in [0.15, 0.2) is 0 Å². The molecule has 0 aromatic heterocycles. The van der Waals surface area contributed by atoms with E-state index in [1.807, 2.05) is 0 Å². The van der Waals surface area contributed by atoms with Gasteiger partial charge in [-0.25, -0.2) is 9.59 Å². The van der Waals surface area contributed by atoms with Crippen molar-refractivity contribution in [2.45, 2.75) is 12.8 Å². The summed E-state index contributed by atoms with van der Waals surface area (Å²) >= 11 is 0. The van der Waals surface area contributed by atoms with Crippen LogP contribution in [-0.4, -0.2) is 57.4 Å². The Kier molecular flexibility index (Phi) is 18.8. The molecule has 0 saturated heterocycles. The fourth-order valence-electron chi connectivity index (χ4n) is 0.390. The van der Waals surface area contributed by atoms with Crippen LogP contribution in [0, 0.1) is 0 Å². The maximum absolute atomic E-state index is 9.55. The Labute approximate surface area is 114 Å². The fraction of sp³-hybridized carbons (Fsp3) is 0.400. The van der Waals surface area contributed by atoms with Gasteiger partial charge in [-0.15, -0.1) is 0 Å². The van der Waals surface area contributed by atoms with Crippen LogP contribution in [0.1, 0.15) is 12.8 Å². The molecule has 0 aliphatic heterocycles. The van der Waals surface area contributed by atoms with Gasteiger partial charge in [-0.3, -0.25) is 9.59 Å². The fourth-order valence-corrected chi connectivity index (χ4v) is 0.390. The number of hydrogen-bond donors (Lipinski definition) is 6. The van der Waals surface area contributed by atoms with Crippen molar-refractivity contribution in [3.05, 3.63) is 12.2 Å². The first-order valence-electron chi connectivity index (χ1n) is 5.15. The molecule has 0 radical (unpaired) electrons. The Morgan fingerprint density at radius 1 is 0.700 bits per heavy atom. The van der Waals surface area contributed by atoms with E-state index in [1.54, 1.807) is 0 Å². The summed E-state index contributed by atoms with van der Waals surface area (Å²) in [6.45, 7) is 0.463. The molecule has 0 heterocycles. The van der Waals surface area contributed by atoms with E-state index in [0.29, 0.717) is 12.2 Å². The van der Waals surface area contributed by atoms with Crippen LogP contribution in [0.2, 0.25) is 0 Å². The molecule has 0 spiro atoms. The first kappa shape index (κ1) is 22.7. The van der Waals surface area contributed by atoms with Crippen LogP contribution in [0.3, 0.4) is 0 Å². The third-order valence-electron chi connectivity index (χ3n) is 1.08. The summed E-state index contributed by atoms with van der Waals surface area (Å²) in [5, 5.41) is 31.3. The molecule has 0 bridgehead atoms. The predicted octanol–water partition coefficient (Wildman–Crippen LogP) is -1.45. The highest BCUT2D eigenvalue weighted by Crippen LogP contribution is 1.70. The van der Waals surface area contributed by atoms with Gasteiger partial charge in [-0.05, 0) is 0 Å². The lowest BCUT2D eigenvalue weighted by atomic mass is 10.5. The van der Waals surface area contributed by atoms with Gasteiger partial charge in [0.25, 0.3) is 0 Å². The number of rotatable bonds is 6. The summed E-state index contributed by atoms with van der Waals surface area (Å²) in [4.78, 5) is 38.1. The average Bonchev–Trinajstić information content (AvgIpc) is 2.27. The summed E-state index contributed by atoms with van der Waals surface area (Å²) in [5.74, 6) is -4.19. The Bertz CT molecular complexity index is 308. The first-order valence-corrected chi connectivity index (χ1v) is 5.15. The van der Waals surface area contributed by atoms with E-state index in [9.17, 15) is 19.2 Å². The topological polar surface area (TPSA) is 201 Å². The first-order chi connectivity index (χ1) is 9.17. The van der Waals surface area contributed by atoms with Crippen molar-refractivity contribution in [1.82, 2.24) is 0 Å². The summed E-state index contributed by atoms with van der Waals surface area (Å²) in [7, 11) is 0. The van der Waals surface area contributed by atoms with Gasteiger partial charge in [-0.1, -0.05) is 0 Å². The van der Waals surface area contributed by atoms with Crippen molar-refractivity contribution in [3.8, 4) is 0 Å². The molecule has 0 amide bonds. The lowest BCUT2D eigenvalue weighted by Crippen LogP contribution is -2.05. The molecule has 8 N–H and O–H groups in total. The number of carboxylic acid groups (broad SMARTS) is 4. The second-order valence-electron chi connectivity index (χ2n) is 2.87. The van der Waals surface area contributed by atoms with Gasteiger partial charge >= 0.3 is 23.9 Å². The third kappa shape index (κ3) is 45.0. The van der Waals surface area contributed by atoms with Crippen molar-refractivity contribution in [3.63, 3.8) is 0 Å². The van der Waals surface area contributed by atoms with E-state index in [-0.39, 0.29) is 25.9 Å². The van der Waals surface area contributed by atoms with Gasteiger partial charge < -0.3 is 31.9 Å². The van der Waals surface area contributed by atoms with E-state index in [1.165, 1.54) is 0 Å². The molecule has 0 aromatic rings. The predicted molar refractivity (Wildman–Crippen MR) is 67.0 cm³/mol. The molecule has 0 saturated carbocycles. The molecule has 116 valence electrons. The van der Waals surface area contributed by atoms with E-state index in [4.69, 9.17) is 31.9 Å². The molecule has 0 unspecified atom stereocenters. The Hall–Kier alpha value is -2.46. The Balaban J connectivity index is -0.000000221. The number of aliphatic carboxylic acids is 4. The maximum Gasteiger partial charge on any atom is 0.328 e. The molecule has 0 rings (SSSR count). The SMILES string of the molecule is NCCC(=O)O.NCCC(=O)O.O=C(O)/C=C\C(=O)O. The van der Waals surface area contributed by atoms with Crippen LogP contribution in [0.4, 0.5) is 0 Å². The van der Waals surface area contributed by atoms with E-state index >= 15 is 0 Å². The zero-order valence-corrected chi connectivity index (χ0v) is 10.6. The highest BCUT2D eigenvalue weighted by molar-refractivity contribution is 5.89. The van der Waals surface area contributed by atoms with Crippen molar-refractivity contribution in [2.75, 3.05) is 13.1 Å². The molecule has 0 atom stereocenters. The standard InChI is InChI=1S/C4H4O4.2C3H7NO2/c5-3(6)1-2-4(7)8;2*4-2-1-3(5)6/h1-2H,(H,5,6)(H,7,8);2*1-2,4H2,(H,5,6)/b2-1-;;. The largest absolute Gasteiger partial charge is 0.481 e. The van der Waals surface area contributed by atoms with Gasteiger partial charge in [0, 0.05) is 25.2 Å². The smallest absolute Gasteiger partial charge is 0.328 e. The molecule has 10 heteroatoms. The minimum Gasteiger partial charge on any atom is -0.481 e. The van der Waals surface area contributed by atoms with Crippen LogP contribution in [0.5, 0.6) is 0 Å². The normalized spacial score (nSPS) is 8.70. The number of carbonyl (C=O) groups is 4. The van der Waals surface area contributed by atoms with E-state index in [0.717, 1.165) is 0 Å². The third-order valence-corrected chi connectivity index (χ3v) is 1.08. The minimum absolute atomic E-state index is 0.0694. The number of nitrogens with two attached hydrogens (primary N) is 2. The Morgan fingerprint density at radius 3 is 1.00 bits per heavy atom. The van der Waals surface area contributed by atoms with Crippen molar-refractivity contribution >= 4 is 23.9 Å². The zero-order valence-electron chi connectivity index (χ0n) is 10.6. The average molecular weight is 294 g/mol. The summed E-state index contributed by atoms with van der Waals surface area (Å²) < 4.78 is 0.